The fraction of sp³-hybridized carbons (Fsp3) is 0.200. The molecule has 1 atom stereocenters. The second-order valence-corrected chi connectivity index (χ2v) is 3.33. The molecule has 14 heavy (non-hydrogen) atoms. The molecule has 0 aliphatic carbocycles. The van der Waals surface area contributed by atoms with Gasteiger partial charge in [0.25, 0.3) is 0 Å². The van der Waals surface area contributed by atoms with Crippen LogP contribution in [-0.2, 0) is 0 Å². The molecule has 1 aromatic carbocycles. The van der Waals surface area contributed by atoms with E-state index in [4.69, 9.17) is 5.73 Å². The molecule has 0 amide bonds. The molecule has 0 saturated heterocycles. The van der Waals surface area contributed by atoms with Gasteiger partial charge in [0.1, 0.15) is 0 Å². The van der Waals surface area contributed by atoms with Crippen LogP contribution in [0.5, 0.6) is 0 Å². The van der Waals surface area contributed by atoms with E-state index in [9.17, 15) is 0 Å². The molecule has 0 aromatic heterocycles. The Hall–Kier alpha value is -1.52. The first-order valence-electron chi connectivity index (χ1n) is 4.60. The fourth-order valence-corrected chi connectivity index (χ4v) is 1.36. The van der Waals surface area contributed by atoms with Gasteiger partial charge in [0, 0.05) is 18.4 Å². The van der Waals surface area contributed by atoms with Crippen molar-refractivity contribution >= 4 is 5.69 Å². The third-order valence-electron chi connectivity index (χ3n) is 2.17. The van der Waals surface area contributed by atoms with E-state index < -0.39 is 0 Å². The zero-order valence-corrected chi connectivity index (χ0v) is 8.07. The van der Waals surface area contributed by atoms with Crippen LogP contribution in [0.15, 0.2) is 36.7 Å². The topological polar surface area (TPSA) is 53.3 Å². The van der Waals surface area contributed by atoms with Crippen molar-refractivity contribution in [3.63, 3.8) is 0 Å². The first kappa shape index (κ1) is 9.05. The van der Waals surface area contributed by atoms with E-state index in [1.807, 2.05) is 42.5 Å². The Balaban J connectivity index is 2.25. The highest BCUT2D eigenvalue weighted by Crippen LogP contribution is 2.19. The van der Waals surface area contributed by atoms with Gasteiger partial charge < -0.3 is 11.2 Å². The number of anilines is 1. The summed E-state index contributed by atoms with van der Waals surface area (Å²) in [6.07, 6.45) is 3.75. The summed E-state index contributed by atoms with van der Waals surface area (Å²) in [4.78, 5) is 0. The molecular formula is C10H14N4. The summed E-state index contributed by atoms with van der Waals surface area (Å²) in [7, 11) is 0. The molecule has 4 nitrogen and oxygen atoms in total. The molecule has 4 heteroatoms. The second-order valence-electron chi connectivity index (χ2n) is 3.33. The monoisotopic (exact) mass is 190 g/mol. The largest absolute Gasteiger partial charge is 0.324 e. The molecule has 1 unspecified atom stereocenters. The van der Waals surface area contributed by atoms with Crippen molar-refractivity contribution < 1.29 is 0 Å². The van der Waals surface area contributed by atoms with Crippen molar-refractivity contribution in [3.8, 4) is 0 Å². The molecule has 0 radical (unpaired) electrons. The minimum absolute atomic E-state index is 0.0643. The molecule has 74 valence electrons. The number of rotatable bonds is 2. The standard InChI is InChI=1S/C10H14N4/c1-8(11)9-3-2-4-10(7-9)14-6-5-12-13-14/h2-8,12-13H,11H2,1H3. The van der Waals surface area contributed by atoms with Crippen LogP contribution in [0.4, 0.5) is 5.69 Å². The molecule has 0 spiro atoms. The Bertz CT molecular complexity index is 346. The van der Waals surface area contributed by atoms with E-state index in [1.165, 1.54) is 0 Å². The van der Waals surface area contributed by atoms with Gasteiger partial charge in [0.05, 0.1) is 5.69 Å². The Kier molecular flexibility index (Phi) is 2.39. The Morgan fingerprint density at radius 1 is 1.43 bits per heavy atom. The minimum atomic E-state index is 0.0643. The SMILES string of the molecule is CC(N)c1cccc(N2C=CNN2)c1. The van der Waals surface area contributed by atoms with Gasteiger partial charge in [-0.1, -0.05) is 12.1 Å². The smallest absolute Gasteiger partial charge is 0.0592 e. The molecule has 1 aliphatic rings. The average molecular weight is 190 g/mol. The number of nitrogens with two attached hydrogens (primary N) is 1. The van der Waals surface area contributed by atoms with E-state index in [0.717, 1.165) is 11.3 Å². The molecule has 0 bridgehead atoms. The maximum Gasteiger partial charge on any atom is 0.0592 e. The number of hydrazine groups is 2. The normalized spacial score (nSPS) is 16.9. The second kappa shape index (κ2) is 3.69. The van der Waals surface area contributed by atoms with Crippen LogP contribution in [0.1, 0.15) is 18.5 Å². The van der Waals surface area contributed by atoms with Gasteiger partial charge in [-0.2, -0.15) is 0 Å². The van der Waals surface area contributed by atoms with Crippen molar-refractivity contribution in [2.24, 2.45) is 5.73 Å². The first-order valence-corrected chi connectivity index (χ1v) is 4.60. The van der Waals surface area contributed by atoms with Crippen LogP contribution in [-0.4, -0.2) is 0 Å². The number of hydrogen-bond donors (Lipinski definition) is 3. The number of benzene rings is 1. The van der Waals surface area contributed by atoms with Gasteiger partial charge in [0.2, 0.25) is 0 Å². The summed E-state index contributed by atoms with van der Waals surface area (Å²) in [6, 6.07) is 8.18. The zero-order valence-electron chi connectivity index (χ0n) is 8.07. The fourth-order valence-electron chi connectivity index (χ4n) is 1.36. The zero-order chi connectivity index (χ0) is 9.97. The lowest BCUT2D eigenvalue weighted by Gasteiger charge is -2.17. The molecule has 1 aliphatic heterocycles. The molecule has 1 heterocycles. The lowest BCUT2D eigenvalue weighted by atomic mass is 10.1. The Morgan fingerprint density at radius 2 is 2.29 bits per heavy atom. The highest BCUT2D eigenvalue weighted by atomic mass is 15.7. The summed E-state index contributed by atoms with van der Waals surface area (Å²) < 4.78 is 0. The molecule has 4 N–H and O–H groups in total. The summed E-state index contributed by atoms with van der Waals surface area (Å²) in [6.45, 7) is 1.98. The third kappa shape index (κ3) is 1.71. The average Bonchev–Trinajstić information content (AvgIpc) is 2.71. The molecular weight excluding hydrogens is 176 g/mol. The van der Waals surface area contributed by atoms with Crippen molar-refractivity contribution in [2.45, 2.75) is 13.0 Å². The Labute approximate surface area is 83.3 Å². The van der Waals surface area contributed by atoms with Gasteiger partial charge in [-0.15, -0.1) is 5.53 Å². The van der Waals surface area contributed by atoms with E-state index in [2.05, 4.69) is 17.0 Å². The van der Waals surface area contributed by atoms with Crippen LogP contribution < -0.4 is 21.7 Å². The number of hydrogen-bond acceptors (Lipinski definition) is 4. The van der Waals surface area contributed by atoms with E-state index >= 15 is 0 Å². The summed E-state index contributed by atoms with van der Waals surface area (Å²) in [5.74, 6) is 0. The first-order chi connectivity index (χ1) is 6.77. The number of nitrogens with one attached hydrogen (secondary N) is 2. The summed E-state index contributed by atoms with van der Waals surface area (Å²) in [5, 5.41) is 1.89. The van der Waals surface area contributed by atoms with Gasteiger partial charge in [-0.05, 0) is 24.6 Å². The van der Waals surface area contributed by atoms with Crippen LogP contribution >= 0.6 is 0 Å². The highest BCUT2D eigenvalue weighted by molar-refractivity contribution is 5.51. The minimum Gasteiger partial charge on any atom is -0.324 e. The third-order valence-corrected chi connectivity index (χ3v) is 2.17. The van der Waals surface area contributed by atoms with E-state index in [-0.39, 0.29) is 6.04 Å². The predicted octanol–water partition coefficient (Wildman–Crippen LogP) is 1.01. The lowest BCUT2D eigenvalue weighted by Crippen LogP contribution is -2.35. The highest BCUT2D eigenvalue weighted by Gasteiger charge is 2.07. The van der Waals surface area contributed by atoms with Crippen molar-refractivity contribution in [2.75, 3.05) is 5.01 Å². The van der Waals surface area contributed by atoms with Crippen molar-refractivity contribution in [1.82, 2.24) is 11.0 Å². The molecule has 1 aromatic rings. The van der Waals surface area contributed by atoms with Crippen LogP contribution in [0.25, 0.3) is 0 Å². The van der Waals surface area contributed by atoms with Crippen molar-refractivity contribution in [3.05, 3.63) is 42.2 Å². The van der Waals surface area contributed by atoms with Crippen LogP contribution in [0, 0.1) is 0 Å². The maximum absolute atomic E-state index is 5.81. The van der Waals surface area contributed by atoms with E-state index in [0.29, 0.717) is 0 Å². The van der Waals surface area contributed by atoms with Gasteiger partial charge in [-0.3, -0.25) is 5.01 Å². The van der Waals surface area contributed by atoms with E-state index in [1.54, 1.807) is 0 Å². The number of nitrogens with zero attached hydrogens (tertiary/aromatic N) is 1. The summed E-state index contributed by atoms with van der Waals surface area (Å²) >= 11 is 0. The Morgan fingerprint density at radius 3 is 2.93 bits per heavy atom. The van der Waals surface area contributed by atoms with Gasteiger partial charge in [0.15, 0.2) is 0 Å². The van der Waals surface area contributed by atoms with Crippen molar-refractivity contribution in [1.29, 1.82) is 0 Å². The molecule has 0 saturated carbocycles. The lowest BCUT2D eigenvalue weighted by molar-refractivity contribution is 0.679. The van der Waals surface area contributed by atoms with Gasteiger partial charge in [-0.25, -0.2) is 0 Å². The van der Waals surface area contributed by atoms with Crippen LogP contribution in [0.2, 0.25) is 0 Å². The predicted molar refractivity (Wildman–Crippen MR) is 56.9 cm³/mol. The molecule has 0 fully saturated rings. The van der Waals surface area contributed by atoms with Gasteiger partial charge >= 0.3 is 0 Å². The maximum atomic E-state index is 5.81. The summed E-state index contributed by atoms with van der Waals surface area (Å²) in [5.41, 5.74) is 13.9. The molecule has 2 rings (SSSR count). The van der Waals surface area contributed by atoms with Crippen LogP contribution in [0.3, 0.4) is 0 Å². The quantitative estimate of drug-likeness (QED) is 0.651.